The number of halogens is 2. The molecule has 0 aliphatic heterocycles. The Kier molecular flexibility index (Phi) is 4.40. The molecule has 3 nitrogen and oxygen atoms in total. The van der Waals surface area contributed by atoms with Gasteiger partial charge in [-0.3, -0.25) is 0 Å². The third-order valence-corrected chi connectivity index (χ3v) is 3.24. The number of aromatic hydroxyl groups is 1. The van der Waals surface area contributed by atoms with Crippen molar-refractivity contribution in [2.45, 2.75) is 6.54 Å². The molecule has 0 bridgehead atoms. The van der Waals surface area contributed by atoms with Gasteiger partial charge in [0.05, 0.1) is 17.2 Å². The van der Waals surface area contributed by atoms with Gasteiger partial charge in [-0.15, -0.1) is 0 Å². The Morgan fingerprint density at radius 2 is 1.68 bits per heavy atom. The first-order valence-electron chi connectivity index (χ1n) is 5.65. The molecule has 0 unspecified atom stereocenters. The van der Waals surface area contributed by atoms with Gasteiger partial charge in [0.1, 0.15) is 5.75 Å². The fourth-order valence-electron chi connectivity index (χ4n) is 1.63. The molecule has 0 saturated heterocycles. The standard InChI is InChI=1S/C14H13Cl2NO2/c1-19-11-4-2-10(3-5-11)17-8-9-6-12(15)14(18)13(16)7-9/h2-7,17-18H,8H2,1H3. The van der Waals surface area contributed by atoms with E-state index in [-0.39, 0.29) is 15.8 Å². The summed E-state index contributed by atoms with van der Waals surface area (Å²) in [5.41, 5.74) is 1.85. The molecule has 0 saturated carbocycles. The average molecular weight is 298 g/mol. The molecule has 2 rings (SSSR count). The highest BCUT2D eigenvalue weighted by atomic mass is 35.5. The van der Waals surface area contributed by atoms with Crippen LogP contribution in [0.3, 0.4) is 0 Å². The highest BCUT2D eigenvalue weighted by Gasteiger charge is 2.06. The Bertz CT molecular complexity index is 547. The molecule has 0 amide bonds. The van der Waals surface area contributed by atoms with Crippen LogP contribution in [0, 0.1) is 0 Å². The van der Waals surface area contributed by atoms with Crippen LogP contribution in [0.15, 0.2) is 36.4 Å². The van der Waals surface area contributed by atoms with E-state index in [1.165, 1.54) is 0 Å². The fourth-order valence-corrected chi connectivity index (χ4v) is 2.17. The molecule has 0 heterocycles. The number of anilines is 1. The Labute approximate surface area is 121 Å². The van der Waals surface area contributed by atoms with Crippen molar-refractivity contribution in [1.82, 2.24) is 0 Å². The molecule has 0 aliphatic carbocycles. The number of benzene rings is 2. The van der Waals surface area contributed by atoms with Gasteiger partial charge >= 0.3 is 0 Å². The number of phenolic OH excluding ortho intramolecular Hbond substituents is 1. The second-order valence-corrected chi connectivity index (χ2v) is 4.80. The van der Waals surface area contributed by atoms with Gasteiger partial charge in [0.2, 0.25) is 0 Å². The molecule has 0 fully saturated rings. The Balaban J connectivity index is 2.05. The highest BCUT2D eigenvalue weighted by molar-refractivity contribution is 6.37. The first kappa shape index (κ1) is 13.8. The summed E-state index contributed by atoms with van der Waals surface area (Å²) in [4.78, 5) is 0. The van der Waals surface area contributed by atoms with Crippen LogP contribution in [0.2, 0.25) is 10.0 Å². The van der Waals surface area contributed by atoms with Crippen molar-refractivity contribution in [2.24, 2.45) is 0 Å². The molecule has 0 spiro atoms. The van der Waals surface area contributed by atoms with Crippen LogP contribution in [-0.4, -0.2) is 12.2 Å². The number of hydrogen-bond acceptors (Lipinski definition) is 3. The van der Waals surface area contributed by atoms with Crippen LogP contribution >= 0.6 is 23.2 Å². The summed E-state index contributed by atoms with van der Waals surface area (Å²) >= 11 is 11.7. The SMILES string of the molecule is COc1ccc(NCc2cc(Cl)c(O)c(Cl)c2)cc1. The van der Waals surface area contributed by atoms with Crippen LogP contribution in [0.1, 0.15) is 5.56 Å². The monoisotopic (exact) mass is 297 g/mol. The van der Waals surface area contributed by atoms with E-state index in [1.54, 1.807) is 19.2 Å². The zero-order valence-corrected chi connectivity index (χ0v) is 11.8. The van der Waals surface area contributed by atoms with Crippen molar-refractivity contribution in [3.05, 3.63) is 52.0 Å². The Morgan fingerprint density at radius 3 is 2.21 bits per heavy atom. The van der Waals surface area contributed by atoms with E-state index in [1.807, 2.05) is 24.3 Å². The van der Waals surface area contributed by atoms with E-state index in [0.717, 1.165) is 17.0 Å². The molecular weight excluding hydrogens is 285 g/mol. The summed E-state index contributed by atoms with van der Waals surface area (Å²) in [6.45, 7) is 0.562. The van der Waals surface area contributed by atoms with Crippen LogP contribution in [0.4, 0.5) is 5.69 Å². The second kappa shape index (κ2) is 6.04. The summed E-state index contributed by atoms with van der Waals surface area (Å²) in [5.74, 6) is 0.720. The Hall–Kier alpha value is -1.58. The van der Waals surface area contributed by atoms with Crippen LogP contribution in [0.25, 0.3) is 0 Å². The Morgan fingerprint density at radius 1 is 1.11 bits per heavy atom. The number of hydrogen-bond donors (Lipinski definition) is 2. The molecule has 0 aromatic heterocycles. The van der Waals surface area contributed by atoms with Crippen molar-refractivity contribution < 1.29 is 9.84 Å². The smallest absolute Gasteiger partial charge is 0.152 e. The molecule has 19 heavy (non-hydrogen) atoms. The van der Waals surface area contributed by atoms with Crippen LogP contribution in [-0.2, 0) is 6.54 Å². The van der Waals surface area contributed by atoms with E-state index in [0.29, 0.717) is 6.54 Å². The van der Waals surface area contributed by atoms with E-state index >= 15 is 0 Å². The first-order chi connectivity index (χ1) is 9.10. The molecule has 100 valence electrons. The normalized spacial score (nSPS) is 10.3. The molecule has 2 aromatic carbocycles. The highest BCUT2D eigenvalue weighted by Crippen LogP contribution is 2.32. The van der Waals surface area contributed by atoms with Crippen LogP contribution < -0.4 is 10.1 Å². The lowest BCUT2D eigenvalue weighted by Gasteiger charge is -2.09. The lowest BCUT2D eigenvalue weighted by Crippen LogP contribution is -1.99. The van der Waals surface area contributed by atoms with Gasteiger partial charge in [-0.1, -0.05) is 23.2 Å². The predicted octanol–water partition coefficient (Wildman–Crippen LogP) is 4.32. The van der Waals surface area contributed by atoms with Gasteiger partial charge < -0.3 is 15.2 Å². The lowest BCUT2D eigenvalue weighted by molar-refractivity contribution is 0.415. The molecule has 5 heteroatoms. The van der Waals surface area contributed by atoms with E-state index < -0.39 is 0 Å². The third-order valence-electron chi connectivity index (χ3n) is 2.66. The van der Waals surface area contributed by atoms with E-state index in [9.17, 15) is 5.11 Å². The van der Waals surface area contributed by atoms with Gasteiger partial charge in [-0.05, 0) is 42.0 Å². The maximum absolute atomic E-state index is 9.48. The van der Waals surface area contributed by atoms with E-state index in [2.05, 4.69) is 5.32 Å². The maximum Gasteiger partial charge on any atom is 0.152 e. The zero-order chi connectivity index (χ0) is 13.8. The summed E-state index contributed by atoms with van der Waals surface area (Å²) in [6.07, 6.45) is 0. The van der Waals surface area contributed by atoms with E-state index in [4.69, 9.17) is 27.9 Å². The average Bonchev–Trinajstić information content (AvgIpc) is 2.43. The predicted molar refractivity (Wildman–Crippen MR) is 78.4 cm³/mol. The number of nitrogens with one attached hydrogen (secondary N) is 1. The number of phenols is 1. The number of rotatable bonds is 4. The minimum Gasteiger partial charge on any atom is -0.505 e. The van der Waals surface area contributed by atoms with Crippen molar-refractivity contribution in [3.63, 3.8) is 0 Å². The van der Waals surface area contributed by atoms with Gasteiger partial charge in [0.25, 0.3) is 0 Å². The molecule has 2 aromatic rings. The van der Waals surface area contributed by atoms with Gasteiger partial charge in [0, 0.05) is 12.2 Å². The van der Waals surface area contributed by atoms with Crippen molar-refractivity contribution in [3.8, 4) is 11.5 Å². The summed E-state index contributed by atoms with van der Waals surface area (Å²) in [6, 6.07) is 10.9. The molecule has 2 N–H and O–H groups in total. The molecule has 0 atom stereocenters. The molecular formula is C14H13Cl2NO2. The molecule has 0 radical (unpaired) electrons. The molecule has 0 aliphatic rings. The fraction of sp³-hybridized carbons (Fsp3) is 0.143. The van der Waals surface area contributed by atoms with Crippen LogP contribution in [0.5, 0.6) is 11.5 Å². The number of methoxy groups -OCH3 is 1. The minimum atomic E-state index is -0.0865. The summed E-state index contributed by atoms with van der Waals surface area (Å²) in [7, 11) is 1.63. The van der Waals surface area contributed by atoms with Gasteiger partial charge in [0.15, 0.2) is 5.75 Å². The van der Waals surface area contributed by atoms with Crippen molar-refractivity contribution in [1.29, 1.82) is 0 Å². The maximum atomic E-state index is 9.48. The summed E-state index contributed by atoms with van der Waals surface area (Å²) < 4.78 is 5.09. The quantitative estimate of drug-likeness (QED) is 0.883. The van der Waals surface area contributed by atoms with Crippen molar-refractivity contribution in [2.75, 3.05) is 12.4 Å². The van der Waals surface area contributed by atoms with Gasteiger partial charge in [-0.2, -0.15) is 0 Å². The minimum absolute atomic E-state index is 0.0865. The number of ether oxygens (including phenoxy) is 1. The van der Waals surface area contributed by atoms with Crippen molar-refractivity contribution >= 4 is 28.9 Å². The first-order valence-corrected chi connectivity index (χ1v) is 6.40. The zero-order valence-electron chi connectivity index (χ0n) is 10.3. The topological polar surface area (TPSA) is 41.5 Å². The lowest BCUT2D eigenvalue weighted by atomic mass is 10.2. The third kappa shape index (κ3) is 3.46. The van der Waals surface area contributed by atoms with Gasteiger partial charge in [-0.25, -0.2) is 0 Å². The summed E-state index contributed by atoms with van der Waals surface area (Å²) in [5, 5.41) is 13.2. The second-order valence-electron chi connectivity index (χ2n) is 3.99. The largest absolute Gasteiger partial charge is 0.505 e.